The van der Waals surface area contributed by atoms with E-state index in [1.54, 1.807) is 0 Å². The highest BCUT2D eigenvalue weighted by Crippen LogP contribution is 2.08. The van der Waals surface area contributed by atoms with Gasteiger partial charge in [0.15, 0.2) is 0 Å². The van der Waals surface area contributed by atoms with Crippen molar-refractivity contribution in [1.82, 2.24) is 5.32 Å². The summed E-state index contributed by atoms with van der Waals surface area (Å²) < 4.78 is 0. The van der Waals surface area contributed by atoms with E-state index in [1.807, 2.05) is 6.08 Å². The summed E-state index contributed by atoms with van der Waals surface area (Å²) in [6, 6.07) is 1.31. The zero-order chi connectivity index (χ0) is 4.57. The van der Waals surface area contributed by atoms with Gasteiger partial charge in [-0.15, -0.1) is 6.58 Å². The van der Waals surface area contributed by atoms with Gasteiger partial charge in [-0.25, -0.2) is 0 Å². The Bertz CT molecular complexity index is 68.3. The van der Waals surface area contributed by atoms with Crippen molar-refractivity contribution in [1.29, 1.82) is 0 Å². The summed E-state index contributed by atoms with van der Waals surface area (Å²) in [5, 5.41) is 3.16. The lowest BCUT2D eigenvalue weighted by molar-refractivity contribution is 1.08. The molecule has 0 spiro atoms. The molecule has 1 fully saturated rings. The van der Waals surface area contributed by atoms with Gasteiger partial charge in [-0.05, 0) is 6.92 Å². The van der Waals surface area contributed by atoms with E-state index < -0.39 is 0 Å². The maximum atomic E-state index is 3.61. The highest BCUT2D eigenvalue weighted by Gasteiger charge is 2.26. The Morgan fingerprint density at radius 2 is 2.33 bits per heavy atom. The van der Waals surface area contributed by atoms with Crippen molar-refractivity contribution in [3.05, 3.63) is 12.7 Å². The summed E-state index contributed by atoms with van der Waals surface area (Å²) in [7, 11) is 0. The highest BCUT2D eigenvalue weighted by molar-refractivity contribution is 5.05. The standard InChI is InChI=1S/C5H9N/c1-3-5-4(2)6-5/h3-6H,1H2,2H3. The van der Waals surface area contributed by atoms with E-state index in [2.05, 4.69) is 18.8 Å². The van der Waals surface area contributed by atoms with E-state index in [0.29, 0.717) is 12.1 Å². The fourth-order valence-electron chi connectivity index (χ4n) is 0.520. The van der Waals surface area contributed by atoms with Crippen LogP contribution >= 0.6 is 0 Å². The molecule has 0 amide bonds. The summed E-state index contributed by atoms with van der Waals surface area (Å²) in [5.41, 5.74) is 0. The summed E-state index contributed by atoms with van der Waals surface area (Å²) in [5.74, 6) is 0. The van der Waals surface area contributed by atoms with Gasteiger partial charge in [0.2, 0.25) is 0 Å². The molecular weight excluding hydrogens is 74.1 g/mol. The zero-order valence-corrected chi connectivity index (χ0v) is 3.94. The molecule has 0 saturated carbocycles. The first-order valence-electron chi connectivity index (χ1n) is 2.23. The van der Waals surface area contributed by atoms with Gasteiger partial charge >= 0.3 is 0 Å². The second-order valence-corrected chi connectivity index (χ2v) is 1.72. The van der Waals surface area contributed by atoms with E-state index in [0.717, 1.165) is 0 Å². The monoisotopic (exact) mass is 83.1 g/mol. The van der Waals surface area contributed by atoms with Gasteiger partial charge in [0.25, 0.3) is 0 Å². The molecule has 1 rings (SSSR count). The molecular formula is C5H9N. The minimum absolute atomic E-state index is 0.616. The van der Waals surface area contributed by atoms with Crippen molar-refractivity contribution in [3.8, 4) is 0 Å². The van der Waals surface area contributed by atoms with Crippen molar-refractivity contribution in [2.24, 2.45) is 0 Å². The van der Waals surface area contributed by atoms with Crippen LogP contribution in [0.4, 0.5) is 0 Å². The van der Waals surface area contributed by atoms with Crippen LogP contribution in [-0.4, -0.2) is 12.1 Å². The largest absolute Gasteiger partial charge is 0.305 e. The Hall–Kier alpha value is -0.300. The van der Waals surface area contributed by atoms with Gasteiger partial charge in [0, 0.05) is 12.1 Å². The predicted octanol–water partition coefficient (Wildman–Crippen LogP) is 0.533. The second kappa shape index (κ2) is 1.09. The molecule has 0 aromatic heterocycles. The SMILES string of the molecule is C=CC1NC1C. The minimum atomic E-state index is 0.616. The smallest absolute Gasteiger partial charge is 0.0402 e. The molecule has 6 heavy (non-hydrogen) atoms. The number of nitrogens with one attached hydrogen (secondary N) is 1. The number of hydrogen-bond acceptors (Lipinski definition) is 1. The van der Waals surface area contributed by atoms with Crippen LogP contribution < -0.4 is 5.32 Å². The molecule has 2 unspecified atom stereocenters. The van der Waals surface area contributed by atoms with E-state index in [4.69, 9.17) is 0 Å². The van der Waals surface area contributed by atoms with E-state index in [9.17, 15) is 0 Å². The second-order valence-electron chi connectivity index (χ2n) is 1.72. The average molecular weight is 83.1 g/mol. The first-order valence-corrected chi connectivity index (χ1v) is 2.23. The molecule has 1 heteroatoms. The van der Waals surface area contributed by atoms with Crippen LogP contribution in [0.15, 0.2) is 12.7 Å². The van der Waals surface area contributed by atoms with Crippen LogP contribution in [0.2, 0.25) is 0 Å². The Labute approximate surface area is 38.1 Å². The van der Waals surface area contributed by atoms with Gasteiger partial charge in [0.05, 0.1) is 0 Å². The molecule has 0 aromatic carbocycles. The third-order valence-corrected chi connectivity index (χ3v) is 1.14. The van der Waals surface area contributed by atoms with Crippen LogP contribution in [0.25, 0.3) is 0 Å². The number of hydrogen-bond donors (Lipinski definition) is 1. The fourth-order valence-corrected chi connectivity index (χ4v) is 0.520. The lowest BCUT2D eigenvalue weighted by atomic mass is 10.3. The molecule has 0 aliphatic carbocycles. The summed E-state index contributed by atoms with van der Waals surface area (Å²) in [4.78, 5) is 0. The molecule has 1 heterocycles. The Morgan fingerprint density at radius 3 is 2.33 bits per heavy atom. The van der Waals surface area contributed by atoms with Crippen molar-refractivity contribution in [3.63, 3.8) is 0 Å². The predicted molar refractivity (Wildman–Crippen MR) is 26.6 cm³/mol. The Kier molecular flexibility index (Phi) is 0.701. The van der Waals surface area contributed by atoms with Gasteiger partial charge in [0.1, 0.15) is 0 Å². The summed E-state index contributed by atoms with van der Waals surface area (Å²) in [6.45, 7) is 5.76. The third-order valence-electron chi connectivity index (χ3n) is 1.14. The van der Waals surface area contributed by atoms with Gasteiger partial charge in [-0.1, -0.05) is 6.08 Å². The molecule has 2 atom stereocenters. The summed E-state index contributed by atoms with van der Waals surface area (Å²) >= 11 is 0. The summed E-state index contributed by atoms with van der Waals surface area (Å²) in [6.07, 6.45) is 1.94. The number of rotatable bonds is 1. The van der Waals surface area contributed by atoms with Crippen molar-refractivity contribution < 1.29 is 0 Å². The molecule has 1 aliphatic rings. The van der Waals surface area contributed by atoms with Gasteiger partial charge in [-0.2, -0.15) is 0 Å². The topological polar surface area (TPSA) is 21.9 Å². The first-order chi connectivity index (χ1) is 2.84. The van der Waals surface area contributed by atoms with Crippen LogP contribution in [0.3, 0.4) is 0 Å². The molecule has 0 aromatic rings. The first kappa shape index (κ1) is 3.88. The molecule has 1 nitrogen and oxygen atoms in total. The molecule has 1 saturated heterocycles. The quantitative estimate of drug-likeness (QED) is 0.362. The normalized spacial score (nSPS) is 42.2. The zero-order valence-electron chi connectivity index (χ0n) is 3.94. The van der Waals surface area contributed by atoms with Crippen molar-refractivity contribution in [2.45, 2.75) is 19.0 Å². The van der Waals surface area contributed by atoms with Crippen LogP contribution in [-0.2, 0) is 0 Å². The van der Waals surface area contributed by atoms with Crippen LogP contribution in [0.1, 0.15) is 6.92 Å². The minimum Gasteiger partial charge on any atom is -0.305 e. The van der Waals surface area contributed by atoms with Crippen molar-refractivity contribution in [2.75, 3.05) is 0 Å². The lowest BCUT2D eigenvalue weighted by Gasteiger charge is -1.67. The van der Waals surface area contributed by atoms with Crippen LogP contribution in [0, 0.1) is 0 Å². The molecule has 0 bridgehead atoms. The molecule has 1 N–H and O–H groups in total. The Balaban J connectivity index is 2.25. The van der Waals surface area contributed by atoms with E-state index in [-0.39, 0.29) is 0 Å². The maximum absolute atomic E-state index is 3.61. The third kappa shape index (κ3) is 0.455. The van der Waals surface area contributed by atoms with Gasteiger partial charge < -0.3 is 5.32 Å². The van der Waals surface area contributed by atoms with Crippen molar-refractivity contribution >= 4 is 0 Å². The van der Waals surface area contributed by atoms with Gasteiger partial charge in [-0.3, -0.25) is 0 Å². The highest BCUT2D eigenvalue weighted by atomic mass is 15.1. The maximum Gasteiger partial charge on any atom is 0.0402 e. The van der Waals surface area contributed by atoms with E-state index >= 15 is 0 Å². The molecule has 34 valence electrons. The molecule has 1 aliphatic heterocycles. The van der Waals surface area contributed by atoms with Crippen LogP contribution in [0.5, 0.6) is 0 Å². The lowest BCUT2D eigenvalue weighted by Crippen LogP contribution is -1.78. The average Bonchev–Trinajstić information content (AvgIpc) is 2.19. The Morgan fingerprint density at radius 1 is 1.83 bits per heavy atom. The molecule has 0 radical (unpaired) electrons. The fraction of sp³-hybridized carbons (Fsp3) is 0.600. The van der Waals surface area contributed by atoms with E-state index in [1.165, 1.54) is 0 Å².